The van der Waals surface area contributed by atoms with Gasteiger partial charge < -0.3 is 9.30 Å². The van der Waals surface area contributed by atoms with Gasteiger partial charge in [0, 0.05) is 11.5 Å². The molecule has 0 spiro atoms. The number of benzene rings is 2. The Hall–Kier alpha value is -2.31. The number of halogens is 1. The molecule has 2 aromatic carbocycles. The Bertz CT molecular complexity index is 987. The number of carbonyl (C=O) groups is 1. The first-order valence-corrected chi connectivity index (χ1v) is 10.5. The summed E-state index contributed by atoms with van der Waals surface area (Å²) in [5.41, 5.74) is 1.76. The summed E-state index contributed by atoms with van der Waals surface area (Å²) in [5, 5.41) is 9.98. The maximum atomic E-state index is 12.6. The van der Waals surface area contributed by atoms with Crippen LogP contribution in [0.3, 0.4) is 0 Å². The highest BCUT2D eigenvalue weighted by atomic mass is 35.5. The van der Waals surface area contributed by atoms with E-state index in [0.29, 0.717) is 28.8 Å². The van der Waals surface area contributed by atoms with Crippen LogP contribution < -0.4 is 4.74 Å². The van der Waals surface area contributed by atoms with E-state index in [1.165, 1.54) is 17.3 Å². The smallest absolute Gasteiger partial charge is 0.191 e. The minimum Gasteiger partial charge on any atom is -0.495 e. The third-order valence-corrected chi connectivity index (χ3v) is 5.94. The molecule has 0 unspecified atom stereocenters. The number of thioether (sulfide) groups is 1. The summed E-state index contributed by atoms with van der Waals surface area (Å²) in [6.45, 7) is 0.713. The molecule has 1 aromatic heterocycles. The molecule has 1 aliphatic carbocycles. The molecule has 144 valence electrons. The normalized spacial score (nSPS) is 13.5. The van der Waals surface area contributed by atoms with Gasteiger partial charge in [0.2, 0.25) is 0 Å². The van der Waals surface area contributed by atoms with Crippen molar-refractivity contribution < 1.29 is 9.53 Å². The Morgan fingerprint density at radius 1 is 1.21 bits per heavy atom. The van der Waals surface area contributed by atoms with Gasteiger partial charge in [-0.3, -0.25) is 4.79 Å². The minimum absolute atomic E-state index is 0.00298. The van der Waals surface area contributed by atoms with E-state index in [1.54, 1.807) is 25.3 Å². The summed E-state index contributed by atoms with van der Waals surface area (Å²) in [7, 11) is 1.55. The van der Waals surface area contributed by atoms with Gasteiger partial charge in [-0.25, -0.2) is 0 Å². The van der Waals surface area contributed by atoms with Crippen LogP contribution in [0.2, 0.25) is 5.02 Å². The van der Waals surface area contributed by atoms with Crippen molar-refractivity contribution in [2.45, 2.75) is 30.5 Å². The second-order valence-electron chi connectivity index (χ2n) is 6.75. The van der Waals surface area contributed by atoms with E-state index in [-0.39, 0.29) is 11.5 Å². The fraction of sp³-hybridized carbons (Fsp3) is 0.286. The number of ketones is 1. The molecule has 0 saturated heterocycles. The zero-order chi connectivity index (χ0) is 19.5. The van der Waals surface area contributed by atoms with E-state index in [9.17, 15) is 4.79 Å². The molecule has 5 nitrogen and oxygen atoms in total. The number of hydrogen-bond donors (Lipinski definition) is 0. The standard InChI is InChI=1S/C21H20ClN3O2S/c1-27-19-10-9-16(11-17(19)22)18(26)13-28-21-24-23-20(15-7-8-15)25(21)12-14-5-3-2-4-6-14/h2-6,9-11,15H,7-8,12-13H2,1H3. The first-order chi connectivity index (χ1) is 13.7. The molecule has 4 rings (SSSR count). The first-order valence-electron chi connectivity index (χ1n) is 9.12. The van der Waals surface area contributed by atoms with E-state index >= 15 is 0 Å². The third-order valence-electron chi connectivity index (χ3n) is 4.68. The van der Waals surface area contributed by atoms with Crippen LogP contribution in [0.15, 0.2) is 53.7 Å². The lowest BCUT2D eigenvalue weighted by Crippen LogP contribution is -2.08. The Labute approximate surface area is 173 Å². The zero-order valence-corrected chi connectivity index (χ0v) is 17.0. The van der Waals surface area contributed by atoms with Gasteiger partial charge in [-0.15, -0.1) is 10.2 Å². The van der Waals surface area contributed by atoms with Crippen molar-refractivity contribution in [2.24, 2.45) is 0 Å². The van der Waals surface area contributed by atoms with E-state index in [4.69, 9.17) is 16.3 Å². The zero-order valence-electron chi connectivity index (χ0n) is 15.5. The van der Waals surface area contributed by atoms with Gasteiger partial charge in [-0.2, -0.15) is 0 Å². The lowest BCUT2D eigenvalue weighted by Gasteiger charge is -2.10. The number of hydrogen-bond acceptors (Lipinski definition) is 5. The van der Waals surface area contributed by atoms with Gasteiger partial charge in [-0.05, 0) is 36.6 Å². The van der Waals surface area contributed by atoms with E-state index in [1.807, 2.05) is 18.2 Å². The van der Waals surface area contributed by atoms with Crippen molar-refractivity contribution in [1.29, 1.82) is 0 Å². The molecule has 1 saturated carbocycles. The fourth-order valence-electron chi connectivity index (χ4n) is 3.02. The molecular weight excluding hydrogens is 394 g/mol. The quantitative estimate of drug-likeness (QED) is 0.390. The molecule has 0 amide bonds. The number of methoxy groups -OCH3 is 1. The fourth-order valence-corrected chi connectivity index (χ4v) is 4.12. The average Bonchev–Trinajstić information content (AvgIpc) is 3.49. The number of Topliss-reactive ketones (excluding diaryl/α,β-unsaturated/α-hetero) is 1. The van der Waals surface area contributed by atoms with Crippen LogP contribution in [0.4, 0.5) is 0 Å². The van der Waals surface area contributed by atoms with Crippen LogP contribution in [0, 0.1) is 0 Å². The summed E-state index contributed by atoms with van der Waals surface area (Å²) in [4.78, 5) is 12.6. The summed E-state index contributed by atoms with van der Waals surface area (Å²) in [5.74, 6) is 2.34. The summed E-state index contributed by atoms with van der Waals surface area (Å²) in [6, 6.07) is 15.3. The lowest BCUT2D eigenvalue weighted by molar-refractivity contribution is 0.102. The maximum Gasteiger partial charge on any atom is 0.191 e. The number of aromatic nitrogens is 3. The van der Waals surface area contributed by atoms with Crippen molar-refractivity contribution in [3.05, 3.63) is 70.5 Å². The van der Waals surface area contributed by atoms with Crippen molar-refractivity contribution in [1.82, 2.24) is 14.8 Å². The highest BCUT2D eigenvalue weighted by Crippen LogP contribution is 2.40. The van der Waals surface area contributed by atoms with Crippen molar-refractivity contribution in [2.75, 3.05) is 12.9 Å². The predicted octanol–water partition coefficient (Wildman–Crippen LogP) is 4.84. The minimum atomic E-state index is -0.00298. The molecule has 0 bridgehead atoms. The molecular formula is C21H20ClN3O2S. The van der Waals surface area contributed by atoms with Crippen LogP contribution in [0.25, 0.3) is 0 Å². The second kappa shape index (κ2) is 8.37. The Balaban J connectivity index is 1.50. The van der Waals surface area contributed by atoms with Gasteiger partial charge in [0.1, 0.15) is 11.6 Å². The topological polar surface area (TPSA) is 57.0 Å². The van der Waals surface area contributed by atoms with E-state index < -0.39 is 0 Å². The number of ether oxygens (including phenoxy) is 1. The number of rotatable bonds is 8. The van der Waals surface area contributed by atoms with Crippen LogP contribution in [0.1, 0.15) is 40.5 Å². The van der Waals surface area contributed by atoms with Crippen molar-refractivity contribution in [3.63, 3.8) is 0 Å². The second-order valence-corrected chi connectivity index (χ2v) is 8.10. The Kier molecular flexibility index (Phi) is 5.69. The molecule has 1 aliphatic rings. The van der Waals surface area contributed by atoms with E-state index in [0.717, 1.165) is 23.8 Å². The first kappa shape index (κ1) is 19.0. The SMILES string of the molecule is COc1ccc(C(=O)CSc2nnc(C3CC3)n2Cc2ccccc2)cc1Cl. The number of nitrogens with zero attached hydrogens (tertiary/aromatic N) is 3. The van der Waals surface area contributed by atoms with Gasteiger partial charge in [0.05, 0.1) is 24.4 Å². The molecule has 0 N–H and O–H groups in total. The number of carbonyl (C=O) groups excluding carboxylic acids is 1. The molecule has 7 heteroatoms. The highest BCUT2D eigenvalue weighted by Gasteiger charge is 2.30. The molecule has 3 aromatic rings. The van der Waals surface area contributed by atoms with Crippen molar-refractivity contribution >= 4 is 29.1 Å². The lowest BCUT2D eigenvalue weighted by atomic mass is 10.1. The summed E-state index contributed by atoms with van der Waals surface area (Å²) < 4.78 is 7.29. The van der Waals surface area contributed by atoms with Gasteiger partial charge in [0.25, 0.3) is 0 Å². The Morgan fingerprint density at radius 3 is 2.68 bits per heavy atom. The summed E-state index contributed by atoms with van der Waals surface area (Å²) in [6.07, 6.45) is 2.31. The van der Waals surface area contributed by atoms with Crippen molar-refractivity contribution in [3.8, 4) is 5.75 Å². The van der Waals surface area contributed by atoms with Gasteiger partial charge in [-0.1, -0.05) is 53.7 Å². The molecule has 0 aliphatic heterocycles. The van der Waals surface area contributed by atoms with Crippen LogP contribution in [0.5, 0.6) is 5.75 Å². The molecule has 1 heterocycles. The molecule has 1 fully saturated rings. The van der Waals surface area contributed by atoms with Crippen LogP contribution in [-0.4, -0.2) is 33.4 Å². The van der Waals surface area contributed by atoms with Crippen LogP contribution >= 0.6 is 23.4 Å². The highest BCUT2D eigenvalue weighted by molar-refractivity contribution is 7.99. The van der Waals surface area contributed by atoms with Gasteiger partial charge >= 0.3 is 0 Å². The average molecular weight is 414 g/mol. The van der Waals surface area contributed by atoms with Crippen LogP contribution in [-0.2, 0) is 6.54 Å². The molecule has 0 radical (unpaired) electrons. The Morgan fingerprint density at radius 2 is 2.00 bits per heavy atom. The molecule has 0 atom stereocenters. The molecule has 28 heavy (non-hydrogen) atoms. The van der Waals surface area contributed by atoms with E-state index in [2.05, 4.69) is 26.9 Å². The van der Waals surface area contributed by atoms with Gasteiger partial charge in [0.15, 0.2) is 10.9 Å². The monoisotopic (exact) mass is 413 g/mol. The largest absolute Gasteiger partial charge is 0.495 e. The summed E-state index contributed by atoms with van der Waals surface area (Å²) >= 11 is 7.56. The third kappa shape index (κ3) is 4.23. The predicted molar refractivity (Wildman–Crippen MR) is 111 cm³/mol. The maximum absolute atomic E-state index is 12.6.